The standard InChI is InChI=1S/C14H27NO2/c1-2-17-14-8-12(9-14)15-10-13(16)7-11-5-3-4-6-11/h11-16H,2-10H2,1H3. The SMILES string of the molecule is CCOC1CC(NCC(O)CC2CCCC2)C1. The van der Waals surface area contributed by atoms with Crippen molar-refractivity contribution in [2.75, 3.05) is 13.2 Å². The summed E-state index contributed by atoms with van der Waals surface area (Å²) in [5.41, 5.74) is 0. The molecule has 0 radical (unpaired) electrons. The Morgan fingerprint density at radius 3 is 2.65 bits per heavy atom. The third-order valence-electron chi connectivity index (χ3n) is 4.22. The molecule has 2 aliphatic carbocycles. The highest BCUT2D eigenvalue weighted by atomic mass is 16.5. The summed E-state index contributed by atoms with van der Waals surface area (Å²) in [4.78, 5) is 0. The predicted octanol–water partition coefficient (Wildman–Crippen LogP) is 2.08. The summed E-state index contributed by atoms with van der Waals surface area (Å²) in [6, 6.07) is 0.574. The van der Waals surface area contributed by atoms with Crippen molar-refractivity contribution >= 4 is 0 Å². The van der Waals surface area contributed by atoms with Crippen LogP contribution in [-0.2, 0) is 4.74 Å². The molecule has 2 rings (SSSR count). The van der Waals surface area contributed by atoms with E-state index in [2.05, 4.69) is 5.32 Å². The molecule has 3 nitrogen and oxygen atoms in total. The fraction of sp³-hybridized carbons (Fsp3) is 1.00. The maximum absolute atomic E-state index is 9.95. The van der Waals surface area contributed by atoms with Crippen LogP contribution in [0.5, 0.6) is 0 Å². The lowest BCUT2D eigenvalue weighted by Crippen LogP contribution is -2.47. The van der Waals surface area contributed by atoms with Gasteiger partial charge in [-0.1, -0.05) is 25.7 Å². The van der Waals surface area contributed by atoms with Crippen LogP contribution in [0.25, 0.3) is 0 Å². The molecule has 0 amide bonds. The molecule has 0 aromatic heterocycles. The molecule has 0 heterocycles. The first-order valence-corrected chi connectivity index (χ1v) is 7.31. The molecule has 0 saturated heterocycles. The van der Waals surface area contributed by atoms with Gasteiger partial charge in [-0.3, -0.25) is 0 Å². The largest absolute Gasteiger partial charge is 0.392 e. The van der Waals surface area contributed by atoms with Gasteiger partial charge in [0.25, 0.3) is 0 Å². The van der Waals surface area contributed by atoms with E-state index >= 15 is 0 Å². The summed E-state index contributed by atoms with van der Waals surface area (Å²) in [7, 11) is 0. The fourth-order valence-corrected chi connectivity index (χ4v) is 3.12. The highest BCUT2D eigenvalue weighted by molar-refractivity contribution is 4.86. The van der Waals surface area contributed by atoms with Crippen LogP contribution in [0.4, 0.5) is 0 Å². The van der Waals surface area contributed by atoms with E-state index in [1.165, 1.54) is 25.7 Å². The Kier molecular flexibility index (Phi) is 5.26. The maximum Gasteiger partial charge on any atom is 0.0667 e. The molecule has 2 N–H and O–H groups in total. The number of aliphatic hydroxyl groups excluding tert-OH is 1. The number of ether oxygens (including phenoxy) is 1. The summed E-state index contributed by atoms with van der Waals surface area (Å²) in [5, 5.41) is 13.4. The molecule has 1 atom stereocenters. The van der Waals surface area contributed by atoms with Crippen molar-refractivity contribution < 1.29 is 9.84 Å². The van der Waals surface area contributed by atoms with Crippen LogP contribution in [0.1, 0.15) is 51.9 Å². The highest BCUT2D eigenvalue weighted by Gasteiger charge is 2.29. The van der Waals surface area contributed by atoms with Gasteiger partial charge in [-0.2, -0.15) is 0 Å². The molecular weight excluding hydrogens is 214 g/mol. The van der Waals surface area contributed by atoms with Crippen molar-refractivity contribution in [2.24, 2.45) is 5.92 Å². The van der Waals surface area contributed by atoms with E-state index in [1.807, 2.05) is 6.92 Å². The van der Waals surface area contributed by atoms with Gasteiger partial charge in [0.2, 0.25) is 0 Å². The van der Waals surface area contributed by atoms with Gasteiger partial charge in [0.1, 0.15) is 0 Å². The highest BCUT2D eigenvalue weighted by Crippen LogP contribution is 2.28. The molecule has 0 aliphatic heterocycles. The quantitative estimate of drug-likeness (QED) is 0.717. The van der Waals surface area contributed by atoms with Crippen LogP contribution in [0.3, 0.4) is 0 Å². The van der Waals surface area contributed by atoms with Crippen molar-refractivity contribution in [3.05, 3.63) is 0 Å². The topological polar surface area (TPSA) is 41.5 Å². The van der Waals surface area contributed by atoms with Crippen LogP contribution in [0, 0.1) is 5.92 Å². The zero-order valence-electron chi connectivity index (χ0n) is 11.0. The average Bonchev–Trinajstić information content (AvgIpc) is 2.74. The molecule has 17 heavy (non-hydrogen) atoms. The van der Waals surface area contributed by atoms with E-state index in [9.17, 15) is 5.11 Å². The molecule has 0 aromatic carbocycles. The van der Waals surface area contributed by atoms with Crippen LogP contribution in [0.15, 0.2) is 0 Å². The average molecular weight is 241 g/mol. The second kappa shape index (κ2) is 6.72. The van der Waals surface area contributed by atoms with E-state index in [-0.39, 0.29) is 6.10 Å². The second-order valence-corrected chi connectivity index (χ2v) is 5.69. The molecule has 100 valence electrons. The van der Waals surface area contributed by atoms with Gasteiger partial charge in [0.05, 0.1) is 12.2 Å². The number of hydrogen-bond acceptors (Lipinski definition) is 3. The molecule has 0 aromatic rings. The Labute approximate surface area is 105 Å². The summed E-state index contributed by atoms with van der Waals surface area (Å²) < 4.78 is 5.52. The third-order valence-corrected chi connectivity index (χ3v) is 4.22. The summed E-state index contributed by atoms with van der Waals surface area (Å²) in [6.45, 7) is 3.63. The van der Waals surface area contributed by atoms with Crippen molar-refractivity contribution in [1.29, 1.82) is 0 Å². The summed E-state index contributed by atoms with van der Waals surface area (Å²) >= 11 is 0. The lowest BCUT2D eigenvalue weighted by atomic mass is 9.89. The second-order valence-electron chi connectivity index (χ2n) is 5.69. The Balaban J connectivity index is 1.50. The van der Waals surface area contributed by atoms with E-state index in [0.717, 1.165) is 38.3 Å². The fourth-order valence-electron chi connectivity index (χ4n) is 3.12. The van der Waals surface area contributed by atoms with Gasteiger partial charge in [-0.25, -0.2) is 0 Å². The minimum atomic E-state index is -0.149. The molecule has 2 fully saturated rings. The number of rotatable bonds is 7. The first kappa shape index (κ1) is 13.3. The van der Waals surface area contributed by atoms with Gasteiger partial charge in [0, 0.05) is 19.2 Å². The first-order valence-electron chi connectivity index (χ1n) is 7.31. The van der Waals surface area contributed by atoms with Gasteiger partial charge in [0.15, 0.2) is 0 Å². The van der Waals surface area contributed by atoms with E-state index in [1.54, 1.807) is 0 Å². The molecule has 2 saturated carbocycles. The lowest BCUT2D eigenvalue weighted by molar-refractivity contribution is -0.0128. The Morgan fingerprint density at radius 2 is 2.00 bits per heavy atom. The first-order chi connectivity index (χ1) is 8.28. The molecular formula is C14H27NO2. The molecule has 2 aliphatic rings. The smallest absolute Gasteiger partial charge is 0.0667 e. The summed E-state index contributed by atoms with van der Waals surface area (Å²) in [6.07, 6.45) is 8.92. The maximum atomic E-state index is 9.95. The van der Waals surface area contributed by atoms with E-state index in [4.69, 9.17) is 4.74 Å². The van der Waals surface area contributed by atoms with Crippen LogP contribution in [-0.4, -0.2) is 36.5 Å². The summed E-state index contributed by atoms with van der Waals surface area (Å²) in [5.74, 6) is 0.782. The number of hydrogen-bond donors (Lipinski definition) is 2. The van der Waals surface area contributed by atoms with Gasteiger partial charge < -0.3 is 15.2 Å². The Hall–Kier alpha value is -0.120. The lowest BCUT2D eigenvalue weighted by Gasteiger charge is -2.36. The normalized spacial score (nSPS) is 31.4. The van der Waals surface area contributed by atoms with E-state index in [0.29, 0.717) is 12.1 Å². The van der Waals surface area contributed by atoms with Crippen LogP contribution >= 0.6 is 0 Å². The van der Waals surface area contributed by atoms with Crippen LogP contribution in [0.2, 0.25) is 0 Å². The third kappa shape index (κ3) is 4.23. The minimum Gasteiger partial charge on any atom is -0.392 e. The molecule has 0 spiro atoms. The van der Waals surface area contributed by atoms with Gasteiger partial charge in [-0.05, 0) is 32.1 Å². The van der Waals surface area contributed by atoms with E-state index < -0.39 is 0 Å². The zero-order valence-corrected chi connectivity index (χ0v) is 11.0. The Bertz CT molecular complexity index is 210. The molecule has 1 unspecified atom stereocenters. The van der Waals surface area contributed by atoms with Crippen molar-refractivity contribution in [1.82, 2.24) is 5.32 Å². The molecule has 3 heteroatoms. The molecule has 0 bridgehead atoms. The van der Waals surface area contributed by atoms with Crippen molar-refractivity contribution in [2.45, 2.75) is 70.1 Å². The van der Waals surface area contributed by atoms with Gasteiger partial charge >= 0.3 is 0 Å². The van der Waals surface area contributed by atoms with Gasteiger partial charge in [-0.15, -0.1) is 0 Å². The van der Waals surface area contributed by atoms with Crippen molar-refractivity contribution in [3.63, 3.8) is 0 Å². The number of nitrogens with one attached hydrogen (secondary N) is 1. The number of aliphatic hydroxyl groups is 1. The monoisotopic (exact) mass is 241 g/mol. The van der Waals surface area contributed by atoms with Crippen LogP contribution < -0.4 is 5.32 Å². The minimum absolute atomic E-state index is 0.149. The zero-order chi connectivity index (χ0) is 12.1. The Morgan fingerprint density at radius 1 is 1.29 bits per heavy atom. The predicted molar refractivity (Wildman–Crippen MR) is 69.0 cm³/mol. The van der Waals surface area contributed by atoms with Crippen molar-refractivity contribution in [3.8, 4) is 0 Å².